The van der Waals surface area contributed by atoms with Crippen LogP contribution in [-0.2, 0) is 13.1 Å². The third-order valence-corrected chi connectivity index (χ3v) is 4.80. The molecule has 2 aromatic rings. The quantitative estimate of drug-likeness (QED) is 0.867. The molecule has 2 aromatic heterocycles. The maximum atomic E-state index is 12.7. The molecule has 0 N–H and O–H groups in total. The van der Waals surface area contributed by atoms with E-state index in [2.05, 4.69) is 14.5 Å². The Labute approximate surface area is 135 Å². The van der Waals surface area contributed by atoms with E-state index in [1.54, 1.807) is 18.4 Å². The summed E-state index contributed by atoms with van der Waals surface area (Å²) in [4.78, 5) is 21.5. The highest BCUT2D eigenvalue weighted by atomic mass is 16.3. The SMILES string of the molecule is O=C(c1ccco1)N1Cc2nccn2C[C@@H](CN2CCCC2)C1. The maximum absolute atomic E-state index is 12.7. The molecular weight excluding hydrogens is 292 g/mol. The highest BCUT2D eigenvalue weighted by molar-refractivity contribution is 5.91. The number of nitrogens with zero attached hydrogens (tertiary/aromatic N) is 4. The van der Waals surface area contributed by atoms with Gasteiger partial charge in [0.2, 0.25) is 0 Å². The zero-order chi connectivity index (χ0) is 15.6. The summed E-state index contributed by atoms with van der Waals surface area (Å²) in [5.41, 5.74) is 0. The minimum atomic E-state index is -0.0436. The summed E-state index contributed by atoms with van der Waals surface area (Å²) >= 11 is 0. The van der Waals surface area contributed by atoms with E-state index in [0.717, 1.165) is 25.5 Å². The number of carbonyl (C=O) groups excluding carboxylic acids is 1. The van der Waals surface area contributed by atoms with Crippen LogP contribution >= 0.6 is 0 Å². The van der Waals surface area contributed by atoms with Crippen LogP contribution in [0.1, 0.15) is 29.2 Å². The third-order valence-electron chi connectivity index (χ3n) is 4.80. The standard InChI is InChI=1S/C17H22N4O2/c22-17(15-4-3-9-23-15)21-12-14(10-19-6-1-2-7-19)11-20-8-5-18-16(20)13-21/h3-5,8-9,14H,1-2,6-7,10-13H2/t14-/m1/s1. The lowest BCUT2D eigenvalue weighted by Crippen LogP contribution is -2.38. The van der Waals surface area contributed by atoms with Crippen molar-refractivity contribution in [3.63, 3.8) is 0 Å². The number of rotatable bonds is 3. The normalized spacial score (nSPS) is 22.1. The van der Waals surface area contributed by atoms with E-state index in [0.29, 0.717) is 18.2 Å². The number of hydrogen-bond acceptors (Lipinski definition) is 4. The molecule has 0 spiro atoms. The van der Waals surface area contributed by atoms with E-state index in [1.165, 1.54) is 25.9 Å². The number of carbonyl (C=O) groups is 1. The van der Waals surface area contributed by atoms with E-state index in [-0.39, 0.29) is 5.91 Å². The molecule has 1 saturated heterocycles. The Morgan fingerprint density at radius 3 is 2.96 bits per heavy atom. The molecule has 4 rings (SSSR count). The number of imidazole rings is 1. The van der Waals surface area contributed by atoms with Crippen LogP contribution in [0.15, 0.2) is 35.2 Å². The monoisotopic (exact) mass is 314 g/mol. The average molecular weight is 314 g/mol. The van der Waals surface area contributed by atoms with Crippen molar-refractivity contribution in [1.29, 1.82) is 0 Å². The molecule has 0 radical (unpaired) electrons. The third kappa shape index (κ3) is 3.03. The van der Waals surface area contributed by atoms with Gasteiger partial charge in [0.25, 0.3) is 5.91 Å². The Hall–Kier alpha value is -2.08. The first kappa shape index (κ1) is 14.5. The molecule has 122 valence electrons. The van der Waals surface area contributed by atoms with Crippen LogP contribution < -0.4 is 0 Å². The molecule has 2 aliphatic heterocycles. The number of furan rings is 1. The Morgan fingerprint density at radius 2 is 2.17 bits per heavy atom. The molecule has 1 atom stereocenters. The van der Waals surface area contributed by atoms with Crippen molar-refractivity contribution in [3.05, 3.63) is 42.4 Å². The Balaban J connectivity index is 1.55. The molecule has 0 saturated carbocycles. The largest absolute Gasteiger partial charge is 0.459 e. The van der Waals surface area contributed by atoms with E-state index in [4.69, 9.17) is 4.42 Å². The second-order valence-electron chi connectivity index (χ2n) is 6.53. The van der Waals surface area contributed by atoms with Gasteiger partial charge in [-0.05, 0) is 38.1 Å². The van der Waals surface area contributed by atoms with Gasteiger partial charge in [-0.25, -0.2) is 4.98 Å². The molecule has 1 amide bonds. The van der Waals surface area contributed by atoms with Crippen LogP contribution in [-0.4, -0.2) is 51.4 Å². The number of amides is 1. The topological polar surface area (TPSA) is 54.5 Å². The molecule has 6 nitrogen and oxygen atoms in total. The first-order chi connectivity index (χ1) is 11.3. The van der Waals surface area contributed by atoms with E-state index >= 15 is 0 Å². The van der Waals surface area contributed by atoms with Crippen LogP contribution in [0.25, 0.3) is 0 Å². The predicted octanol–water partition coefficient (Wildman–Crippen LogP) is 1.84. The second-order valence-corrected chi connectivity index (χ2v) is 6.53. The summed E-state index contributed by atoms with van der Waals surface area (Å²) in [5.74, 6) is 1.74. The van der Waals surface area contributed by atoms with Crippen molar-refractivity contribution in [2.24, 2.45) is 5.92 Å². The molecule has 0 unspecified atom stereocenters. The van der Waals surface area contributed by atoms with Crippen LogP contribution in [0.2, 0.25) is 0 Å². The van der Waals surface area contributed by atoms with Gasteiger partial charge in [0, 0.05) is 37.9 Å². The van der Waals surface area contributed by atoms with Gasteiger partial charge in [0.05, 0.1) is 12.8 Å². The number of aromatic nitrogens is 2. The molecule has 0 aliphatic carbocycles. The Bertz CT molecular complexity index is 658. The summed E-state index contributed by atoms with van der Waals surface area (Å²) in [6, 6.07) is 3.49. The summed E-state index contributed by atoms with van der Waals surface area (Å²) in [6.45, 7) is 5.62. The zero-order valence-corrected chi connectivity index (χ0v) is 13.2. The van der Waals surface area contributed by atoms with Crippen molar-refractivity contribution in [1.82, 2.24) is 19.4 Å². The van der Waals surface area contributed by atoms with Gasteiger partial charge < -0.3 is 18.8 Å². The molecule has 6 heteroatoms. The fourth-order valence-electron chi connectivity index (χ4n) is 3.70. The fraction of sp³-hybridized carbons (Fsp3) is 0.529. The van der Waals surface area contributed by atoms with E-state index in [1.807, 2.05) is 17.3 Å². The highest BCUT2D eigenvalue weighted by Gasteiger charge is 2.29. The second kappa shape index (κ2) is 6.20. The Morgan fingerprint density at radius 1 is 1.30 bits per heavy atom. The van der Waals surface area contributed by atoms with Crippen molar-refractivity contribution in [3.8, 4) is 0 Å². The maximum Gasteiger partial charge on any atom is 0.289 e. The van der Waals surface area contributed by atoms with Gasteiger partial charge in [-0.3, -0.25) is 4.79 Å². The molecule has 23 heavy (non-hydrogen) atoms. The van der Waals surface area contributed by atoms with Crippen molar-refractivity contribution < 1.29 is 9.21 Å². The van der Waals surface area contributed by atoms with Crippen LogP contribution in [0.5, 0.6) is 0 Å². The molecular formula is C17H22N4O2. The van der Waals surface area contributed by atoms with E-state index < -0.39 is 0 Å². The predicted molar refractivity (Wildman–Crippen MR) is 84.8 cm³/mol. The lowest BCUT2D eigenvalue weighted by Gasteiger charge is -2.26. The minimum absolute atomic E-state index is 0.0436. The smallest absolute Gasteiger partial charge is 0.289 e. The van der Waals surface area contributed by atoms with Crippen LogP contribution in [0.4, 0.5) is 0 Å². The minimum Gasteiger partial charge on any atom is -0.459 e. The lowest BCUT2D eigenvalue weighted by atomic mass is 10.1. The van der Waals surface area contributed by atoms with Crippen molar-refractivity contribution >= 4 is 5.91 Å². The molecule has 0 bridgehead atoms. The summed E-state index contributed by atoms with van der Waals surface area (Å²) in [7, 11) is 0. The van der Waals surface area contributed by atoms with E-state index in [9.17, 15) is 4.79 Å². The van der Waals surface area contributed by atoms with Gasteiger partial charge >= 0.3 is 0 Å². The summed E-state index contributed by atoms with van der Waals surface area (Å²) in [6.07, 6.45) is 7.97. The van der Waals surface area contributed by atoms with Gasteiger partial charge in [-0.15, -0.1) is 0 Å². The fourth-order valence-corrected chi connectivity index (χ4v) is 3.70. The van der Waals surface area contributed by atoms with Gasteiger partial charge in [0.15, 0.2) is 5.76 Å². The van der Waals surface area contributed by atoms with Gasteiger partial charge in [0.1, 0.15) is 5.82 Å². The Kier molecular flexibility index (Phi) is 3.91. The first-order valence-corrected chi connectivity index (χ1v) is 8.35. The molecule has 2 aliphatic rings. The summed E-state index contributed by atoms with van der Waals surface area (Å²) < 4.78 is 7.49. The van der Waals surface area contributed by atoms with Gasteiger partial charge in [-0.2, -0.15) is 0 Å². The van der Waals surface area contributed by atoms with Crippen molar-refractivity contribution in [2.45, 2.75) is 25.9 Å². The first-order valence-electron chi connectivity index (χ1n) is 8.35. The molecule has 1 fully saturated rings. The molecule has 0 aromatic carbocycles. The van der Waals surface area contributed by atoms with Crippen LogP contribution in [0.3, 0.4) is 0 Å². The number of hydrogen-bond donors (Lipinski definition) is 0. The lowest BCUT2D eigenvalue weighted by molar-refractivity contribution is 0.0675. The summed E-state index contributed by atoms with van der Waals surface area (Å²) in [5, 5.41) is 0. The zero-order valence-electron chi connectivity index (χ0n) is 13.2. The number of likely N-dealkylation sites (tertiary alicyclic amines) is 1. The van der Waals surface area contributed by atoms with Crippen molar-refractivity contribution in [2.75, 3.05) is 26.2 Å². The van der Waals surface area contributed by atoms with Gasteiger partial charge in [-0.1, -0.05) is 0 Å². The molecule has 4 heterocycles. The van der Waals surface area contributed by atoms with Crippen LogP contribution in [0, 0.1) is 5.92 Å². The highest BCUT2D eigenvalue weighted by Crippen LogP contribution is 2.20. The number of fused-ring (bicyclic) bond motifs is 1. The average Bonchev–Trinajstić information content (AvgIpc) is 3.28.